The molecule has 0 aromatic rings. The number of nitrogens with zero attached hydrogens (tertiary/aromatic N) is 1. The van der Waals surface area contributed by atoms with Crippen LogP contribution in [0, 0.1) is 5.92 Å². The van der Waals surface area contributed by atoms with Crippen molar-refractivity contribution >= 4 is 29.7 Å². The third kappa shape index (κ3) is 3.52. The number of hydrogen-bond donors (Lipinski definition) is 3. The fraction of sp³-hybridized carbons (Fsp3) is 0.727. The smallest absolute Gasteiger partial charge is 0.327 e. The predicted molar refractivity (Wildman–Crippen MR) is 71.5 cm³/mol. The largest absolute Gasteiger partial charge is 0.480 e. The number of aliphatic carboxylic acids is 1. The Morgan fingerprint density at radius 1 is 1.42 bits per heavy atom. The Bertz CT molecular complexity index is 388. The minimum absolute atomic E-state index is 0.174. The van der Waals surface area contributed by atoms with Gasteiger partial charge in [0.2, 0.25) is 5.91 Å². The van der Waals surface area contributed by atoms with Crippen molar-refractivity contribution in [3.8, 4) is 0 Å². The van der Waals surface area contributed by atoms with Crippen LogP contribution in [0.15, 0.2) is 0 Å². The van der Waals surface area contributed by atoms with E-state index in [1.54, 1.807) is 20.8 Å². The first-order valence-corrected chi connectivity index (χ1v) is 7.03. The van der Waals surface area contributed by atoms with Gasteiger partial charge in [0.25, 0.3) is 0 Å². The standard InChI is InChI=1S/C11H19N3O4S/c1-5(2)8(13-11(12)18)9(15)14-6(3)19-4-7(14)10(16)17/h5-8H,4H2,1-3H3,(H,16,17)(H3,12,13,18). The Labute approximate surface area is 115 Å². The number of carboxylic acid groups (broad SMARTS) is 1. The Kier molecular flexibility index (Phi) is 5.04. The van der Waals surface area contributed by atoms with Crippen molar-refractivity contribution in [3.05, 3.63) is 0 Å². The summed E-state index contributed by atoms with van der Waals surface area (Å²) in [6.07, 6.45) is 0. The van der Waals surface area contributed by atoms with Crippen LogP contribution >= 0.6 is 11.8 Å². The van der Waals surface area contributed by atoms with Crippen LogP contribution in [0.1, 0.15) is 20.8 Å². The molecule has 8 heteroatoms. The van der Waals surface area contributed by atoms with E-state index in [4.69, 9.17) is 10.8 Å². The van der Waals surface area contributed by atoms with Crippen LogP contribution in [-0.4, -0.2) is 51.1 Å². The lowest BCUT2D eigenvalue weighted by atomic mass is 10.0. The van der Waals surface area contributed by atoms with Crippen molar-refractivity contribution < 1.29 is 19.5 Å². The maximum atomic E-state index is 12.4. The minimum atomic E-state index is -1.04. The molecule has 108 valence electrons. The summed E-state index contributed by atoms with van der Waals surface area (Å²) in [4.78, 5) is 35.8. The zero-order chi connectivity index (χ0) is 14.7. The van der Waals surface area contributed by atoms with Crippen molar-refractivity contribution in [2.24, 2.45) is 11.7 Å². The number of urea groups is 1. The normalized spacial score (nSPS) is 24.3. The number of primary amides is 1. The fourth-order valence-electron chi connectivity index (χ4n) is 1.99. The zero-order valence-electron chi connectivity index (χ0n) is 11.1. The Morgan fingerprint density at radius 3 is 2.42 bits per heavy atom. The van der Waals surface area contributed by atoms with Gasteiger partial charge in [-0.2, -0.15) is 0 Å². The molecule has 0 saturated carbocycles. The number of hydrogen-bond acceptors (Lipinski definition) is 4. The van der Waals surface area contributed by atoms with Gasteiger partial charge in [0.1, 0.15) is 12.1 Å². The monoisotopic (exact) mass is 289 g/mol. The van der Waals surface area contributed by atoms with Crippen molar-refractivity contribution in [3.63, 3.8) is 0 Å². The predicted octanol–water partition coefficient (Wildman–Crippen LogP) is 0.0539. The molecule has 1 rings (SSSR count). The number of carbonyl (C=O) groups excluding carboxylic acids is 2. The molecule has 1 saturated heterocycles. The number of nitrogens with one attached hydrogen (secondary N) is 1. The van der Waals surface area contributed by atoms with Crippen LogP contribution in [0.2, 0.25) is 0 Å². The molecule has 0 bridgehead atoms. The molecule has 3 unspecified atom stereocenters. The van der Waals surface area contributed by atoms with Crippen LogP contribution in [0.4, 0.5) is 4.79 Å². The summed E-state index contributed by atoms with van der Waals surface area (Å²) in [5.41, 5.74) is 5.05. The Morgan fingerprint density at radius 2 is 2.00 bits per heavy atom. The molecule has 0 aromatic heterocycles. The summed E-state index contributed by atoms with van der Waals surface area (Å²) in [5, 5.41) is 11.3. The second-order valence-corrected chi connectivity index (χ2v) is 6.11. The SMILES string of the molecule is CC(C)C(NC(N)=O)C(=O)N1C(C)SCC1C(=O)O. The topological polar surface area (TPSA) is 113 Å². The zero-order valence-corrected chi connectivity index (χ0v) is 11.9. The molecule has 1 heterocycles. The van der Waals surface area contributed by atoms with E-state index in [1.165, 1.54) is 16.7 Å². The van der Waals surface area contributed by atoms with E-state index in [2.05, 4.69) is 5.32 Å². The van der Waals surface area contributed by atoms with E-state index >= 15 is 0 Å². The molecule has 0 radical (unpaired) electrons. The third-order valence-corrected chi connectivity index (χ3v) is 4.21. The Balaban J connectivity index is 2.93. The van der Waals surface area contributed by atoms with Crippen molar-refractivity contribution in [2.75, 3.05) is 5.75 Å². The van der Waals surface area contributed by atoms with Crippen molar-refractivity contribution in [1.29, 1.82) is 0 Å². The molecule has 4 N–H and O–H groups in total. The summed E-state index contributed by atoms with van der Waals surface area (Å²) in [7, 11) is 0. The number of carbonyl (C=O) groups is 3. The van der Waals surface area contributed by atoms with Gasteiger partial charge >= 0.3 is 12.0 Å². The molecule has 0 aromatic carbocycles. The molecule has 1 aliphatic heterocycles. The number of carboxylic acids is 1. The first-order valence-electron chi connectivity index (χ1n) is 5.98. The Hall–Kier alpha value is -1.44. The molecule has 3 amide bonds. The number of rotatable bonds is 4. The summed E-state index contributed by atoms with van der Waals surface area (Å²) < 4.78 is 0. The minimum Gasteiger partial charge on any atom is -0.480 e. The highest BCUT2D eigenvalue weighted by Gasteiger charge is 2.42. The van der Waals surface area contributed by atoms with Gasteiger partial charge in [-0.3, -0.25) is 4.79 Å². The van der Waals surface area contributed by atoms with Crippen LogP contribution in [0.25, 0.3) is 0 Å². The lowest BCUT2D eigenvalue weighted by molar-refractivity contribution is -0.150. The lowest BCUT2D eigenvalue weighted by Gasteiger charge is -2.31. The van der Waals surface area contributed by atoms with Crippen LogP contribution < -0.4 is 11.1 Å². The van der Waals surface area contributed by atoms with E-state index in [0.717, 1.165) is 0 Å². The summed E-state index contributed by atoms with van der Waals surface area (Å²) >= 11 is 1.40. The maximum Gasteiger partial charge on any atom is 0.327 e. The second-order valence-electron chi connectivity index (χ2n) is 4.76. The number of thioether (sulfide) groups is 1. The van der Waals surface area contributed by atoms with E-state index in [-0.39, 0.29) is 11.3 Å². The summed E-state index contributed by atoms with van der Waals surface area (Å²) in [5.74, 6) is -1.26. The maximum absolute atomic E-state index is 12.4. The van der Waals surface area contributed by atoms with E-state index in [0.29, 0.717) is 5.75 Å². The average Bonchev–Trinajstić information content (AvgIpc) is 2.66. The number of amides is 3. The highest BCUT2D eigenvalue weighted by Crippen LogP contribution is 2.30. The van der Waals surface area contributed by atoms with Gasteiger partial charge in [-0.25, -0.2) is 9.59 Å². The van der Waals surface area contributed by atoms with E-state index in [9.17, 15) is 14.4 Å². The van der Waals surface area contributed by atoms with Crippen LogP contribution in [0.3, 0.4) is 0 Å². The molecule has 7 nitrogen and oxygen atoms in total. The van der Waals surface area contributed by atoms with E-state index < -0.39 is 30.0 Å². The first kappa shape index (κ1) is 15.6. The summed E-state index contributed by atoms with van der Waals surface area (Å²) in [6.45, 7) is 5.30. The molecule has 1 aliphatic rings. The second kappa shape index (κ2) is 6.14. The third-order valence-electron chi connectivity index (χ3n) is 2.99. The molecule has 0 aliphatic carbocycles. The van der Waals surface area contributed by atoms with Gasteiger partial charge < -0.3 is 21.1 Å². The molecular formula is C11H19N3O4S. The molecule has 3 atom stereocenters. The molecule has 19 heavy (non-hydrogen) atoms. The summed E-state index contributed by atoms with van der Waals surface area (Å²) in [6, 6.07) is -2.46. The molecule has 0 spiro atoms. The molecular weight excluding hydrogens is 270 g/mol. The van der Waals surface area contributed by atoms with Gasteiger partial charge in [0, 0.05) is 5.75 Å². The fourth-order valence-corrected chi connectivity index (χ4v) is 3.17. The van der Waals surface area contributed by atoms with Crippen LogP contribution in [-0.2, 0) is 9.59 Å². The van der Waals surface area contributed by atoms with Crippen molar-refractivity contribution in [1.82, 2.24) is 10.2 Å². The average molecular weight is 289 g/mol. The number of nitrogens with two attached hydrogens (primary N) is 1. The van der Waals surface area contributed by atoms with Gasteiger partial charge in [0.15, 0.2) is 0 Å². The molecule has 1 fully saturated rings. The highest BCUT2D eigenvalue weighted by molar-refractivity contribution is 8.00. The van der Waals surface area contributed by atoms with Crippen LogP contribution in [0.5, 0.6) is 0 Å². The van der Waals surface area contributed by atoms with Gasteiger partial charge in [-0.05, 0) is 12.8 Å². The first-order chi connectivity index (χ1) is 8.75. The highest BCUT2D eigenvalue weighted by atomic mass is 32.2. The van der Waals surface area contributed by atoms with Gasteiger partial charge in [-0.1, -0.05) is 13.8 Å². The quantitative estimate of drug-likeness (QED) is 0.677. The van der Waals surface area contributed by atoms with Gasteiger partial charge in [-0.15, -0.1) is 11.8 Å². The van der Waals surface area contributed by atoms with Gasteiger partial charge in [0.05, 0.1) is 5.37 Å². The lowest BCUT2D eigenvalue weighted by Crippen LogP contribution is -2.56. The van der Waals surface area contributed by atoms with E-state index in [1.807, 2.05) is 0 Å². The van der Waals surface area contributed by atoms with Crippen molar-refractivity contribution in [2.45, 2.75) is 38.2 Å².